The molecular formula is C13H14O2. The Labute approximate surface area is 89.9 Å². The Morgan fingerprint density at radius 1 is 1.40 bits per heavy atom. The van der Waals surface area contributed by atoms with Gasteiger partial charge in [-0.05, 0) is 37.6 Å². The van der Waals surface area contributed by atoms with Crippen molar-refractivity contribution in [3.8, 4) is 17.6 Å². The summed E-state index contributed by atoms with van der Waals surface area (Å²) in [5, 5.41) is 9.47. The summed E-state index contributed by atoms with van der Waals surface area (Å²) >= 11 is 0. The van der Waals surface area contributed by atoms with Gasteiger partial charge in [-0.25, -0.2) is 0 Å². The molecule has 0 aliphatic carbocycles. The summed E-state index contributed by atoms with van der Waals surface area (Å²) in [4.78, 5) is 0. The van der Waals surface area contributed by atoms with E-state index in [9.17, 15) is 5.11 Å². The number of ether oxygens (including phenoxy) is 1. The molecule has 0 saturated heterocycles. The molecule has 1 aromatic rings. The third-order valence-electron chi connectivity index (χ3n) is 2.20. The molecule has 0 spiro atoms. The average molecular weight is 202 g/mol. The van der Waals surface area contributed by atoms with Gasteiger partial charge in [0.2, 0.25) is 0 Å². The largest absolute Gasteiger partial charge is 0.493 e. The molecule has 2 rings (SSSR count). The summed E-state index contributed by atoms with van der Waals surface area (Å²) < 4.78 is 5.40. The average Bonchev–Trinajstić information content (AvgIpc) is 2.60. The molecule has 15 heavy (non-hydrogen) atoms. The van der Waals surface area contributed by atoms with Gasteiger partial charge in [-0.3, -0.25) is 0 Å². The fourth-order valence-corrected chi connectivity index (χ4v) is 1.49. The highest BCUT2D eigenvalue weighted by molar-refractivity contribution is 5.46. The van der Waals surface area contributed by atoms with Crippen LogP contribution in [0, 0.1) is 11.8 Å². The Morgan fingerprint density at radius 3 is 2.93 bits per heavy atom. The van der Waals surface area contributed by atoms with Crippen molar-refractivity contribution in [2.75, 3.05) is 6.61 Å². The predicted octanol–water partition coefficient (Wildman–Crippen LogP) is 1.74. The van der Waals surface area contributed by atoms with E-state index in [-0.39, 0.29) is 0 Å². The molecule has 1 aliphatic heterocycles. The van der Waals surface area contributed by atoms with E-state index in [4.69, 9.17) is 4.74 Å². The lowest BCUT2D eigenvalue weighted by Crippen LogP contribution is -2.14. The number of fused-ring (bicyclic) bond motifs is 1. The van der Waals surface area contributed by atoms with Crippen molar-refractivity contribution < 1.29 is 9.84 Å². The first-order valence-electron chi connectivity index (χ1n) is 5.06. The quantitative estimate of drug-likeness (QED) is 0.649. The molecule has 2 heteroatoms. The lowest BCUT2D eigenvalue weighted by Gasteiger charge is -2.06. The first-order valence-corrected chi connectivity index (χ1v) is 5.06. The number of rotatable bonds is 0. The van der Waals surface area contributed by atoms with Crippen LogP contribution in [-0.2, 0) is 6.42 Å². The molecule has 1 N–H and O–H groups in total. The molecule has 1 aromatic carbocycles. The van der Waals surface area contributed by atoms with Crippen molar-refractivity contribution in [1.29, 1.82) is 0 Å². The van der Waals surface area contributed by atoms with E-state index in [0.717, 1.165) is 24.3 Å². The van der Waals surface area contributed by atoms with E-state index in [1.165, 1.54) is 5.56 Å². The third-order valence-corrected chi connectivity index (χ3v) is 2.20. The number of aliphatic hydroxyl groups is 1. The van der Waals surface area contributed by atoms with E-state index in [0.29, 0.717) is 0 Å². The molecule has 1 heterocycles. The maximum atomic E-state index is 9.47. The highest BCUT2D eigenvalue weighted by atomic mass is 16.5. The van der Waals surface area contributed by atoms with Crippen LogP contribution in [0.3, 0.4) is 0 Å². The van der Waals surface area contributed by atoms with Gasteiger partial charge in [0, 0.05) is 12.0 Å². The third kappa shape index (κ3) is 2.51. The van der Waals surface area contributed by atoms with E-state index in [1.54, 1.807) is 13.8 Å². The normalized spacial score (nSPS) is 13.8. The van der Waals surface area contributed by atoms with Crippen molar-refractivity contribution in [2.24, 2.45) is 0 Å². The van der Waals surface area contributed by atoms with E-state index in [2.05, 4.69) is 11.8 Å². The van der Waals surface area contributed by atoms with Crippen molar-refractivity contribution in [2.45, 2.75) is 25.9 Å². The zero-order chi connectivity index (χ0) is 10.9. The Morgan fingerprint density at radius 2 is 2.20 bits per heavy atom. The zero-order valence-corrected chi connectivity index (χ0v) is 9.00. The molecule has 0 aromatic heterocycles. The lowest BCUT2D eigenvalue weighted by atomic mass is 10.1. The maximum absolute atomic E-state index is 9.47. The molecule has 78 valence electrons. The van der Waals surface area contributed by atoms with Gasteiger partial charge < -0.3 is 9.84 Å². The van der Waals surface area contributed by atoms with Gasteiger partial charge in [0.15, 0.2) is 0 Å². The van der Waals surface area contributed by atoms with E-state index in [1.807, 2.05) is 18.2 Å². The first-order chi connectivity index (χ1) is 7.04. The van der Waals surface area contributed by atoms with Crippen LogP contribution in [0.4, 0.5) is 0 Å². The van der Waals surface area contributed by atoms with E-state index >= 15 is 0 Å². The summed E-state index contributed by atoms with van der Waals surface area (Å²) in [6.07, 6.45) is 0.952. The molecule has 0 fully saturated rings. The fraction of sp³-hybridized carbons (Fsp3) is 0.385. The summed E-state index contributed by atoms with van der Waals surface area (Å²) in [5.41, 5.74) is 1.20. The van der Waals surface area contributed by atoms with Gasteiger partial charge in [-0.2, -0.15) is 0 Å². The van der Waals surface area contributed by atoms with Gasteiger partial charge in [0.1, 0.15) is 11.4 Å². The van der Waals surface area contributed by atoms with Gasteiger partial charge in [-0.15, -0.1) is 0 Å². The zero-order valence-electron chi connectivity index (χ0n) is 9.00. The molecule has 0 bridgehead atoms. The van der Waals surface area contributed by atoms with Crippen LogP contribution in [0.25, 0.3) is 0 Å². The van der Waals surface area contributed by atoms with Crippen LogP contribution >= 0.6 is 0 Å². The highest BCUT2D eigenvalue weighted by Crippen LogP contribution is 2.25. The molecule has 0 radical (unpaired) electrons. The van der Waals surface area contributed by atoms with Gasteiger partial charge in [-0.1, -0.05) is 11.8 Å². The second kappa shape index (κ2) is 3.60. The molecule has 2 nitrogen and oxygen atoms in total. The molecule has 0 unspecified atom stereocenters. The Hall–Kier alpha value is -1.46. The van der Waals surface area contributed by atoms with Crippen LogP contribution in [0.1, 0.15) is 25.0 Å². The lowest BCUT2D eigenvalue weighted by molar-refractivity contribution is 0.143. The van der Waals surface area contributed by atoms with Crippen LogP contribution in [0.5, 0.6) is 5.75 Å². The predicted molar refractivity (Wildman–Crippen MR) is 58.8 cm³/mol. The Bertz CT molecular complexity index is 430. The SMILES string of the molecule is CC(C)(O)C#Cc1ccc2c(c1)CCO2. The first kappa shape index (κ1) is 10.1. The van der Waals surface area contributed by atoms with Crippen molar-refractivity contribution in [3.05, 3.63) is 29.3 Å². The van der Waals surface area contributed by atoms with Crippen molar-refractivity contribution in [3.63, 3.8) is 0 Å². The molecular weight excluding hydrogens is 188 g/mol. The molecule has 0 atom stereocenters. The summed E-state index contributed by atoms with van der Waals surface area (Å²) in [6, 6.07) is 5.89. The van der Waals surface area contributed by atoms with Gasteiger partial charge in [0.25, 0.3) is 0 Å². The molecule has 0 saturated carbocycles. The monoisotopic (exact) mass is 202 g/mol. The minimum Gasteiger partial charge on any atom is -0.493 e. The summed E-state index contributed by atoms with van der Waals surface area (Å²) in [5.74, 6) is 6.71. The second-order valence-electron chi connectivity index (χ2n) is 4.23. The molecule has 0 amide bonds. The minimum atomic E-state index is -0.935. The van der Waals surface area contributed by atoms with Crippen molar-refractivity contribution >= 4 is 0 Å². The summed E-state index contributed by atoms with van der Waals surface area (Å²) in [7, 11) is 0. The van der Waals surface area contributed by atoms with Crippen molar-refractivity contribution in [1.82, 2.24) is 0 Å². The van der Waals surface area contributed by atoms with Gasteiger partial charge >= 0.3 is 0 Å². The number of hydrogen-bond acceptors (Lipinski definition) is 2. The Balaban J connectivity index is 2.27. The van der Waals surface area contributed by atoms with E-state index < -0.39 is 5.60 Å². The van der Waals surface area contributed by atoms with Crippen LogP contribution in [0.15, 0.2) is 18.2 Å². The fourth-order valence-electron chi connectivity index (χ4n) is 1.49. The van der Waals surface area contributed by atoms with Gasteiger partial charge in [0.05, 0.1) is 6.61 Å². The number of benzene rings is 1. The second-order valence-corrected chi connectivity index (χ2v) is 4.23. The smallest absolute Gasteiger partial charge is 0.122 e. The Kier molecular flexibility index (Phi) is 2.42. The topological polar surface area (TPSA) is 29.5 Å². The number of hydrogen-bond donors (Lipinski definition) is 1. The maximum Gasteiger partial charge on any atom is 0.122 e. The van der Waals surface area contributed by atoms with Crippen LogP contribution in [-0.4, -0.2) is 17.3 Å². The van der Waals surface area contributed by atoms with Crippen LogP contribution < -0.4 is 4.74 Å². The minimum absolute atomic E-state index is 0.762. The van der Waals surface area contributed by atoms with Crippen LogP contribution in [0.2, 0.25) is 0 Å². The standard InChI is InChI=1S/C13H14O2/c1-13(2,14)7-5-10-3-4-12-11(9-10)6-8-15-12/h3-4,9,14H,6,8H2,1-2H3. The summed E-state index contributed by atoms with van der Waals surface area (Å²) in [6.45, 7) is 4.12. The highest BCUT2D eigenvalue weighted by Gasteiger charge is 2.11. The molecule has 1 aliphatic rings.